The zero-order chi connectivity index (χ0) is 20.3. The number of nitrogens with zero attached hydrogens (tertiary/aromatic N) is 1. The fraction of sp³-hybridized carbons (Fsp3) is 0.136. The lowest BCUT2D eigenvalue weighted by Crippen LogP contribution is -2.37. The molecular formula is C22H21NO4S. The molecule has 0 saturated carbocycles. The van der Waals surface area contributed by atoms with E-state index in [-0.39, 0.29) is 16.1 Å². The van der Waals surface area contributed by atoms with E-state index in [0.717, 1.165) is 15.4 Å². The Morgan fingerprint density at radius 3 is 2.00 bits per heavy atom. The van der Waals surface area contributed by atoms with Crippen molar-refractivity contribution >= 4 is 21.6 Å². The van der Waals surface area contributed by atoms with Crippen molar-refractivity contribution in [3.63, 3.8) is 0 Å². The number of hydrogen-bond acceptors (Lipinski definition) is 4. The van der Waals surface area contributed by atoms with Gasteiger partial charge in [0.25, 0.3) is 15.9 Å². The minimum atomic E-state index is -4.11. The van der Waals surface area contributed by atoms with Crippen molar-refractivity contribution in [1.82, 2.24) is 0 Å². The van der Waals surface area contributed by atoms with Crippen molar-refractivity contribution in [2.45, 2.75) is 18.7 Å². The summed E-state index contributed by atoms with van der Waals surface area (Å²) in [7, 11) is -2.62. The molecule has 6 heteroatoms. The third-order valence-electron chi connectivity index (χ3n) is 4.33. The van der Waals surface area contributed by atoms with Crippen molar-refractivity contribution < 1.29 is 17.9 Å². The lowest BCUT2D eigenvalue weighted by atomic mass is 10.2. The molecule has 0 heterocycles. The van der Waals surface area contributed by atoms with Crippen LogP contribution in [0, 0.1) is 13.8 Å². The second-order valence-corrected chi connectivity index (χ2v) is 8.24. The molecular weight excluding hydrogens is 374 g/mol. The summed E-state index contributed by atoms with van der Waals surface area (Å²) < 4.78 is 32.8. The van der Waals surface area contributed by atoms with Gasteiger partial charge < -0.3 is 4.74 Å². The van der Waals surface area contributed by atoms with E-state index in [2.05, 4.69) is 0 Å². The average molecular weight is 395 g/mol. The average Bonchev–Trinajstić information content (AvgIpc) is 2.70. The monoisotopic (exact) mass is 395 g/mol. The molecule has 0 aromatic heterocycles. The van der Waals surface area contributed by atoms with Crippen LogP contribution >= 0.6 is 0 Å². The minimum Gasteiger partial charge on any atom is -0.497 e. The molecule has 0 aliphatic heterocycles. The Balaban J connectivity index is 2.15. The first-order valence-corrected chi connectivity index (χ1v) is 10.1. The molecule has 1 amide bonds. The Bertz CT molecular complexity index is 1090. The summed E-state index contributed by atoms with van der Waals surface area (Å²) in [6.07, 6.45) is 0. The maximum Gasteiger partial charge on any atom is 0.272 e. The van der Waals surface area contributed by atoms with Gasteiger partial charge >= 0.3 is 0 Å². The summed E-state index contributed by atoms with van der Waals surface area (Å²) in [5.41, 5.74) is 2.39. The second-order valence-electron chi connectivity index (χ2n) is 6.46. The van der Waals surface area contributed by atoms with E-state index in [0.29, 0.717) is 5.75 Å². The normalized spacial score (nSPS) is 11.1. The number of amides is 1. The molecule has 0 unspecified atom stereocenters. The Hall–Kier alpha value is -3.12. The van der Waals surface area contributed by atoms with Gasteiger partial charge in [-0.1, -0.05) is 41.5 Å². The number of benzene rings is 3. The van der Waals surface area contributed by atoms with Crippen LogP contribution in [-0.2, 0) is 10.0 Å². The summed E-state index contributed by atoms with van der Waals surface area (Å²) in [4.78, 5) is 13.3. The minimum absolute atomic E-state index is 0.0509. The van der Waals surface area contributed by atoms with Crippen LogP contribution in [0.25, 0.3) is 0 Å². The lowest BCUT2D eigenvalue weighted by Gasteiger charge is -2.23. The number of methoxy groups -OCH3 is 1. The second kappa shape index (κ2) is 7.86. The quantitative estimate of drug-likeness (QED) is 0.644. The third kappa shape index (κ3) is 3.92. The van der Waals surface area contributed by atoms with Crippen LogP contribution in [-0.4, -0.2) is 21.4 Å². The molecule has 0 aliphatic carbocycles. The van der Waals surface area contributed by atoms with Gasteiger partial charge in [0.2, 0.25) is 0 Å². The predicted molar refractivity (Wildman–Crippen MR) is 109 cm³/mol. The van der Waals surface area contributed by atoms with E-state index < -0.39 is 15.9 Å². The zero-order valence-electron chi connectivity index (χ0n) is 15.9. The summed E-state index contributed by atoms with van der Waals surface area (Å²) in [5.74, 6) is -0.175. The highest BCUT2D eigenvalue weighted by molar-refractivity contribution is 7.93. The van der Waals surface area contributed by atoms with Gasteiger partial charge in [-0.05, 0) is 56.3 Å². The van der Waals surface area contributed by atoms with Gasteiger partial charge in [-0.25, -0.2) is 8.42 Å². The molecule has 0 spiro atoms. The van der Waals surface area contributed by atoms with Gasteiger partial charge in [-0.15, -0.1) is 0 Å². The van der Waals surface area contributed by atoms with Crippen LogP contribution in [0.3, 0.4) is 0 Å². The number of rotatable bonds is 5. The van der Waals surface area contributed by atoms with Crippen LogP contribution in [0.5, 0.6) is 5.75 Å². The van der Waals surface area contributed by atoms with Crippen LogP contribution in [0.4, 0.5) is 5.69 Å². The van der Waals surface area contributed by atoms with E-state index in [4.69, 9.17) is 4.74 Å². The SMILES string of the molecule is COc1cccc(C(=O)N(c2ccc(C)cc2)S(=O)(=O)c2ccc(C)cc2)c1. The van der Waals surface area contributed by atoms with Gasteiger partial charge in [-0.2, -0.15) is 4.31 Å². The summed E-state index contributed by atoms with van der Waals surface area (Å²) in [5, 5.41) is 0. The smallest absolute Gasteiger partial charge is 0.272 e. The van der Waals surface area contributed by atoms with Gasteiger partial charge in [0.05, 0.1) is 17.7 Å². The van der Waals surface area contributed by atoms with Crippen molar-refractivity contribution in [2.75, 3.05) is 11.4 Å². The van der Waals surface area contributed by atoms with Crippen molar-refractivity contribution in [1.29, 1.82) is 0 Å². The van der Waals surface area contributed by atoms with Crippen LogP contribution in [0.2, 0.25) is 0 Å². The van der Waals surface area contributed by atoms with Crippen LogP contribution in [0.1, 0.15) is 21.5 Å². The molecule has 0 saturated heterocycles. The molecule has 0 N–H and O–H groups in total. The fourth-order valence-electron chi connectivity index (χ4n) is 2.73. The van der Waals surface area contributed by atoms with E-state index in [9.17, 15) is 13.2 Å². The highest BCUT2D eigenvalue weighted by Gasteiger charge is 2.32. The third-order valence-corrected chi connectivity index (χ3v) is 6.05. The van der Waals surface area contributed by atoms with E-state index >= 15 is 0 Å². The fourth-order valence-corrected chi connectivity index (χ4v) is 4.15. The van der Waals surface area contributed by atoms with Crippen molar-refractivity contribution in [2.24, 2.45) is 0 Å². The first-order chi connectivity index (χ1) is 13.3. The van der Waals surface area contributed by atoms with Gasteiger partial charge in [-0.3, -0.25) is 4.79 Å². The lowest BCUT2D eigenvalue weighted by molar-refractivity contribution is 0.100. The first-order valence-electron chi connectivity index (χ1n) is 8.70. The Labute approximate surface area is 165 Å². The number of anilines is 1. The molecule has 0 atom stereocenters. The molecule has 3 aromatic carbocycles. The van der Waals surface area contributed by atoms with E-state index in [1.54, 1.807) is 54.6 Å². The number of sulfonamides is 1. The van der Waals surface area contributed by atoms with Gasteiger partial charge in [0, 0.05) is 5.56 Å². The molecule has 144 valence electrons. The zero-order valence-corrected chi connectivity index (χ0v) is 16.7. The largest absolute Gasteiger partial charge is 0.497 e. The predicted octanol–water partition coefficient (Wildman–Crippen LogP) is 4.35. The number of carbonyl (C=O) groups excluding carboxylic acids is 1. The highest BCUT2D eigenvalue weighted by Crippen LogP contribution is 2.27. The first kappa shape index (κ1) is 19.6. The summed E-state index contributed by atoms with van der Waals surface area (Å²) in [6.45, 7) is 3.77. The maximum atomic E-state index is 13.4. The van der Waals surface area contributed by atoms with Crippen molar-refractivity contribution in [3.05, 3.63) is 89.5 Å². The highest BCUT2D eigenvalue weighted by atomic mass is 32.2. The van der Waals surface area contributed by atoms with Crippen LogP contribution in [0.15, 0.2) is 77.7 Å². The molecule has 0 fully saturated rings. The molecule has 0 radical (unpaired) electrons. The van der Waals surface area contributed by atoms with E-state index in [1.807, 2.05) is 13.8 Å². The number of hydrogen-bond donors (Lipinski definition) is 0. The Kier molecular flexibility index (Phi) is 5.51. The Morgan fingerprint density at radius 2 is 1.43 bits per heavy atom. The molecule has 3 aromatic rings. The molecule has 0 aliphatic rings. The summed E-state index contributed by atoms with van der Waals surface area (Å²) >= 11 is 0. The number of ether oxygens (including phenoxy) is 1. The molecule has 5 nitrogen and oxygen atoms in total. The molecule has 3 rings (SSSR count). The molecule has 28 heavy (non-hydrogen) atoms. The van der Waals surface area contributed by atoms with Crippen LogP contribution < -0.4 is 9.04 Å². The van der Waals surface area contributed by atoms with E-state index in [1.165, 1.54) is 25.3 Å². The number of aryl methyl sites for hydroxylation is 2. The standard InChI is InChI=1S/C22H21NO4S/c1-16-7-11-19(12-8-16)23(22(24)18-5-4-6-20(15-18)27-3)28(25,26)21-13-9-17(2)10-14-21/h4-15H,1-3H3. The topological polar surface area (TPSA) is 63.7 Å². The van der Waals surface area contributed by atoms with Gasteiger partial charge in [0.1, 0.15) is 5.75 Å². The molecule has 0 bridgehead atoms. The van der Waals surface area contributed by atoms with Crippen molar-refractivity contribution in [3.8, 4) is 5.75 Å². The summed E-state index contributed by atoms with van der Waals surface area (Å²) in [6, 6.07) is 19.6. The number of carbonyl (C=O) groups is 1. The Morgan fingerprint density at radius 1 is 0.857 bits per heavy atom. The maximum absolute atomic E-state index is 13.4. The van der Waals surface area contributed by atoms with Gasteiger partial charge in [0.15, 0.2) is 0 Å².